The lowest BCUT2D eigenvalue weighted by molar-refractivity contribution is 0.655. The Balaban J connectivity index is 2.58. The van der Waals surface area contributed by atoms with Crippen LogP contribution in [0.25, 0.3) is 5.65 Å². The first-order chi connectivity index (χ1) is 6.72. The van der Waals surface area contributed by atoms with E-state index in [4.69, 9.17) is 0 Å². The van der Waals surface area contributed by atoms with E-state index in [0.717, 1.165) is 15.7 Å². The van der Waals surface area contributed by atoms with E-state index in [9.17, 15) is 0 Å². The number of hydrogen-bond acceptors (Lipinski definition) is 3. The minimum absolute atomic E-state index is 0.265. The smallest absolute Gasteiger partial charge is 0.159 e. The molecular weight excluding hydrogens is 244 g/mol. The molecule has 0 bridgehead atoms. The molecule has 0 amide bonds. The number of nitrogens with one attached hydrogen (secondary N) is 1. The van der Waals surface area contributed by atoms with Crippen LogP contribution in [-0.2, 0) is 0 Å². The molecular formula is C9H11BrN4. The van der Waals surface area contributed by atoms with Gasteiger partial charge in [-0.15, -0.1) is 0 Å². The van der Waals surface area contributed by atoms with E-state index < -0.39 is 0 Å². The molecule has 1 atom stereocenters. The van der Waals surface area contributed by atoms with Gasteiger partial charge in [0.2, 0.25) is 0 Å². The van der Waals surface area contributed by atoms with Crippen molar-refractivity contribution in [3.05, 3.63) is 28.6 Å². The lowest BCUT2D eigenvalue weighted by Crippen LogP contribution is -2.12. The Morgan fingerprint density at radius 2 is 2.29 bits per heavy atom. The maximum atomic E-state index is 4.32. The monoisotopic (exact) mass is 254 g/mol. The van der Waals surface area contributed by atoms with Crippen LogP contribution < -0.4 is 5.32 Å². The second-order valence-electron chi connectivity index (χ2n) is 3.15. The third-order valence-electron chi connectivity index (χ3n) is 2.25. The zero-order valence-corrected chi connectivity index (χ0v) is 9.62. The maximum absolute atomic E-state index is 4.32. The fourth-order valence-electron chi connectivity index (χ4n) is 1.33. The lowest BCUT2D eigenvalue weighted by atomic mass is 10.2. The summed E-state index contributed by atoms with van der Waals surface area (Å²) in [4.78, 5) is 4.32. The molecule has 1 N–H and O–H groups in total. The SMILES string of the molecule is CNC(C)c1cnn2cc(Br)cnc12. The zero-order chi connectivity index (χ0) is 10.1. The van der Waals surface area contributed by atoms with Gasteiger partial charge in [-0.05, 0) is 29.9 Å². The Labute approximate surface area is 90.5 Å². The van der Waals surface area contributed by atoms with Gasteiger partial charge in [-0.2, -0.15) is 5.10 Å². The molecule has 4 nitrogen and oxygen atoms in total. The van der Waals surface area contributed by atoms with Gasteiger partial charge in [0.05, 0.1) is 10.7 Å². The fraction of sp³-hybridized carbons (Fsp3) is 0.333. The summed E-state index contributed by atoms with van der Waals surface area (Å²) in [7, 11) is 1.92. The molecule has 0 aliphatic heterocycles. The topological polar surface area (TPSA) is 42.2 Å². The minimum atomic E-state index is 0.265. The van der Waals surface area contributed by atoms with E-state index in [1.54, 1.807) is 10.7 Å². The Hall–Kier alpha value is -0.940. The van der Waals surface area contributed by atoms with Crippen molar-refractivity contribution in [2.45, 2.75) is 13.0 Å². The number of nitrogens with zero attached hydrogens (tertiary/aromatic N) is 3. The summed E-state index contributed by atoms with van der Waals surface area (Å²) in [6.07, 6.45) is 5.52. The highest BCUT2D eigenvalue weighted by molar-refractivity contribution is 9.10. The van der Waals surface area contributed by atoms with Gasteiger partial charge >= 0.3 is 0 Å². The molecule has 0 aliphatic carbocycles. The van der Waals surface area contributed by atoms with Crippen molar-refractivity contribution in [1.82, 2.24) is 19.9 Å². The normalized spacial score (nSPS) is 13.4. The molecule has 74 valence electrons. The predicted octanol–water partition coefficient (Wildman–Crippen LogP) is 1.77. The first-order valence-corrected chi connectivity index (χ1v) is 5.17. The van der Waals surface area contributed by atoms with Crippen molar-refractivity contribution in [1.29, 1.82) is 0 Å². The van der Waals surface area contributed by atoms with E-state index in [1.165, 1.54) is 0 Å². The average molecular weight is 255 g/mol. The van der Waals surface area contributed by atoms with Crippen LogP contribution in [-0.4, -0.2) is 21.6 Å². The molecule has 2 aromatic rings. The van der Waals surface area contributed by atoms with E-state index in [-0.39, 0.29) is 6.04 Å². The standard InChI is InChI=1S/C9H11BrN4/c1-6(11-2)8-4-13-14-5-7(10)3-12-9(8)14/h3-6,11H,1-2H3. The number of fused-ring (bicyclic) bond motifs is 1. The van der Waals surface area contributed by atoms with E-state index >= 15 is 0 Å². The Morgan fingerprint density at radius 1 is 1.50 bits per heavy atom. The quantitative estimate of drug-likeness (QED) is 0.889. The second kappa shape index (κ2) is 3.67. The van der Waals surface area contributed by atoms with E-state index in [2.05, 4.69) is 38.3 Å². The third kappa shape index (κ3) is 1.53. The highest BCUT2D eigenvalue weighted by Gasteiger charge is 2.10. The summed E-state index contributed by atoms with van der Waals surface area (Å²) < 4.78 is 2.70. The number of aromatic nitrogens is 3. The summed E-state index contributed by atoms with van der Waals surface area (Å²) in [6, 6.07) is 0.265. The summed E-state index contributed by atoms with van der Waals surface area (Å²) in [5.41, 5.74) is 2.01. The highest BCUT2D eigenvalue weighted by Crippen LogP contribution is 2.17. The Kier molecular flexibility index (Phi) is 2.52. The molecule has 2 heterocycles. The van der Waals surface area contributed by atoms with Gasteiger partial charge in [0.1, 0.15) is 0 Å². The highest BCUT2D eigenvalue weighted by atomic mass is 79.9. The third-order valence-corrected chi connectivity index (χ3v) is 2.66. The van der Waals surface area contributed by atoms with E-state index in [0.29, 0.717) is 0 Å². The van der Waals surface area contributed by atoms with Crippen molar-refractivity contribution < 1.29 is 0 Å². The summed E-state index contributed by atoms with van der Waals surface area (Å²) in [5, 5.41) is 7.40. The van der Waals surface area contributed by atoms with Gasteiger partial charge in [0.15, 0.2) is 5.65 Å². The van der Waals surface area contributed by atoms with Crippen LogP contribution in [0.4, 0.5) is 0 Å². The van der Waals surface area contributed by atoms with Crippen LogP contribution in [0.2, 0.25) is 0 Å². The zero-order valence-electron chi connectivity index (χ0n) is 8.03. The van der Waals surface area contributed by atoms with E-state index in [1.807, 2.05) is 19.4 Å². The van der Waals surface area contributed by atoms with Crippen molar-refractivity contribution in [3.8, 4) is 0 Å². The van der Waals surface area contributed by atoms with Crippen LogP contribution >= 0.6 is 15.9 Å². The van der Waals surface area contributed by atoms with Gasteiger partial charge in [0, 0.05) is 24.0 Å². The van der Waals surface area contributed by atoms with Gasteiger partial charge in [0.25, 0.3) is 0 Å². The minimum Gasteiger partial charge on any atom is -0.313 e. The van der Waals surface area contributed by atoms with Crippen molar-refractivity contribution >= 4 is 21.6 Å². The predicted molar refractivity (Wildman–Crippen MR) is 58.2 cm³/mol. The van der Waals surface area contributed by atoms with Gasteiger partial charge in [-0.25, -0.2) is 9.50 Å². The van der Waals surface area contributed by atoms with Crippen LogP contribution in [0.3, 0.4) is 0 Å². The van der Waals surface area contributed by atoms with Gasteiger partial charge in [-0.1, -0.05) is 0 Å². The molecule has 0 saturated carbocycles. The summed E-state index contributed by atoms with van der Waals surface area (Å²) in [6.45, 7) is 2.08. The average Bonchev–Trinajstić information content (AvgIpc) is 2.59. The molecule has 2 aromatic heterocycles. The molecule has 0 saturated heterocycles. The maximum Gasteiger partial charge on any atom is 0.159 e. The number of rotatable bonds is 2. The largest absolute Gasteiger partial charge is 0.313 e. The first kappa shape index (κ1) is 9.61. The number of halogens is 1. The summed E-state index contributed by atoms with van der Waals surface area (Å²) >= 11 is 3.36. The second-order valence-corrected chi connectivity index (χ2v) is 4.07. The Morgan fingerprint density at radius 3 is 3.00 bits per heavy atom. The Bertz CT molecular complexity index is 451. The molecule has 0 aromatic carbocycles. The van der Waals surface area contributed by atoms with Gasteiger partial charge < -0.3 is 5.32 Å². The molecule has 5 heteroatoms. The molecule has 0 radical (unpaired) electrons. The van der Waals surface area contributed by atoms with Gasteiger partial charge in [-0.3, -0.25) is 0 Å². The van der Waals surface area contributed by atoms with Crippen LogP contribution in [0.15, 0.2) is 23.1 Å². The van der Waals surface area contributed by atoms with Crippen molar-refractivity contribution in [2.24, 2.45) is 0 Å². The molecule has 0 aliphatic rings. The van der Waals surface area contributed by atoms with Crippen LogP contribution in [0.1, 0.15) is 18.5 Å². The van der Waals surface area contributed by atoms with Crippen molar-refractivity contribution in [3.63, 3.8) is 0 Å². The van der Waals surface area contributed by atoms with Crippen LogP contribution in [0.5, 0.6) is 0 Å². The van der Waals surface area contributed by atoms with Crippen LogP contribution in [0, 0.1) is 0 Å². The molecule has 1 unspecified atom stereocenters. The number of hydrogen-bond donors (Lipinski definition) is 1. The summed E-state index contributed by atoms with van der Waals surface area (Å²) in [5.74, 6) is 0. The lowest BCUT2D eigenvalue weighted by Gasteiger charge is -2.06. The fourth-order valence-corrected chi connectivity index (χ4v) is 1.63. The molecule has 14 heavy (non-hydrogen) atoms. The van der Waals surface area contributed by atoms with Crippen molar-refractivity contribution in [2.75, 3.05) is 7.05 Å². The molecule has 0 spiro atoms. The first-order valence-electron chi connectivity index (χ1n) is 4.38. The molecule has 2 rings (SSSR count). The molecule has 0 fully saturated rings.